The average Bonchev–Trinajstić information content (AvgIpc) is 2.49. The highest BCUT2D eigenvalue weighted by Crippen LogP contribution is 2.27. The van der Waals surface area contributed by atoms with Gasteiger partial charge in [0.2, 0.25) is 0 Å². The molecule has 4 heteroatoms. The van der Waals surface area contributed by atoms with E-state index in [0.29, 0.717) is 6.61 Å². The lowest BCUT2D eigenvalue weighted by Gasteiger charge is -2.26. The number of benzene rings is 1. The maximum absolute atomic E-state index is 5.90. The Kier molecular flexibility index (Phi) is 6.15. The number of hydrogen-bond acceptors (Lipinski definition) is 4. The summed E-state index contributed by atoms with van der Waals surface area (Å²) in [6.45, 7) is 10.2. The molecule has 0 unspecified atom stereocenters. The van der Waals surface area contributed by atoms with Crippen molar-refractivity contribution in [3.8, 4) is 11.5 Å². The molecule has 1 fully saturated rings. The minimum atomic E-state index is 0.706. The number of rotatable bonds is 7. The maximum atomic E-state index is 5.90. The molecule has 0 spiro atoms. The highest BCUT2D eigenvalue weighted by molar-refractivity contribution is 5.43. The second-order valence-electron chi connectivity index (χ2n) is 5.03. The summed E-state index contributed by atoms with van der Waals surface area (Å²) in [6.07, 6.45) is 1.02. The molecule has 20 heavy (non-hydrogen) atoms. The van der Waals surface area contributed by atoms with Crippen molar-refractivity contribution in [1.29, 1.82) is 0 Å². The van der Waals surface area contributed by atoms with Crippen molar-refractivity contribution in [2.45, 2.75) is 20.3 Å². The fourth-order valence-electron chi connectivity index (χ4n) is 2.23. The number of nitrogens with zero attached hydrogens (tertiary/aromatic N) is 1. The lowest BCUT2D eigenvalue weighted by Crippen LogP contribution is -2.38. The average molecular weight is 279 g/mol. The van der Waals surface area contributed by atoms with Crippen LogP contribution in [0.1, 0.15) is 18.9 Å². The van der Waals surface area contributed by atoms with Crippen LogP contribution in [0, 0.1) is 6.92 Å². The Morgan fingerprint density at radius 3 is 2.40 bits per heavy atom. The molecule has 112 valence electrons. The van der Waals surface area contributed by atoms with Crippen molar-refractivity contribution in [1.82, 2.24) is 4.90 Å². The van der Waals surface area contributed by atoms with Crippen molar-refractivity contribution < 1.29 is 14.2 Å². The molecule has 4 nitrogen and oxygen atoms in total. The molecule has 0 amide bonds. The Labute approximate surface area is 121 Å². The third kappa shape index (κ3) is 4.39. The molecule has 0 saturated carbocycles. The minimum absolute atomic E-state index is 0.706. The first-order valence-corrected chi connectivity index (χ1v) is 7.46. The normalized spacial score (nSPS) is 16.1. The summed E-state index contributed by atoms with van der Waals surface area (Å²) in [5, 5.41) is 0. The van der Waals surface area contributed by atoms with E-state index < -0.39 is 0 Å². The molecular formula is C16H25NO3. The van der Waals surface area contributed by atoms with Crippen LogP contribution < -0.4 is 9.47 Å². The molecule has 0 atom stereocenters. The molecule has 1 aliphatic heterocycles. The predicted octanol–water partition coefficient (Wildman–Crippen LogP) is 2.49. The van der Waals surface area contributed by atoms with Crippen LogP contribution >= 0.6 is 0 Å². The molecule has 0 aliphatic carbocycles. The van der Waals surface area contributed by atoms with Gasteiger partial charge in [0.1, 0.15) is 18.1 Å². The SMILES string of the molecule is CCCOc1cccc(OCCN2CCOCC2)c1C. The van der Waals surface area contributed by atoms with E-state index in [1.54, 1.807) is 0 Å². The molecule has 0 bridgehead atoms. The van der Waals surface area contributed by atoms with Crippen LogP contribution in [0.2, 0.25) is 0 Å². The third-order valence-electron chi connectivity index (χ3n) is 3.46. The first-order valence-electron chi connectivity index (χ1n) is 7.46. The first kappa shape index (κ1) is 15.1. The summed E-state index contributed by atoms with van der Waals surface area (Å²) >= 11 is 0. The van der Waals surface area contributed by atoms with Gasteiger partial charge >= 0.3 is 0 Å². The zero-order chi connectivity index (χ0) is 14.2. The summed E-state index contributed by atoms with van der Waals surface area (Å²) in [6, 6.07) is 6.00. The molecule has 1 heterocycles. The number of ether oxygens (including phenoxy) is 3. The molecule has 1 aliphatic rings. The fraction of sp³-hybridized carbons (Fsp3) is 0.625. The van der Waals surface area contributed by atoms with E-state index in [2.05, 4.69) is 18.7 Å². The lowest BCUT2D eigenvalue weighted by molar-refractivity contribution is 0.0322. The zero-order valence-corrected chi connectivity index (χ0v) is 12.6. The van der Waals surface area contributed by atoms with Gasteiger partial charge in [-0.15, -0.1) is 0 Å². The van der Waals surface area contributed by atoms with Gasteiger partial charge in [0.05, 0.1) is 19.8 Å². The monoisotopic (exact) mass is 279 g/mol. The third-order valence-corrected chi connectivity index (χ3v) is 3.46. The van der Waals surface area contributed by atoms with E-state index in [0.717, 1.165) is 62.9 Å². The van der Waals surface area contributed by atoms with Crippen molar-refractivity contribution in [3.63, 3.8) is 0 Å². The molecule has 0 N–H and O–H groups in total. The van der Waals surface area contributed by atoms with Gasteiger partial charge in [0, 0.05) is 25.2 Å². The minimum Gasteiger partial charge on any atom is -0.493 e. The van der Waals surface area contributed by atoms with Gasteiger partial charge in [0.15, 0.2) is 0 Å². The largest absolute Gasteiger partial charge is 0.493 e. The lowest BCUT2D eigenvalue weighted by atomic mass is 10.2. The quantitative estimate of drug-likeness (QED) is 0.767. The Morgan fingerprint density at radius 1 is 1.10 bits per heavy atom. The van der Waals surface area contributed by atoms with Crippen LogP contribution in [0.15, 0.2) is 18.2 Å². The van der Waals surface area contributed by atoms with Crippen molar-refractivity contribution in [2.24, 2.45) is 0 Å². The molecule has 1 saturated heterocycles. The first-order chi connectivity index (χ1) is 9.81. The second-order valence-corrected chi connectivity index (χ2v) is 5.03. The van der Waals surface area contributed by atoms with Gasteiger partial charge in [-0.1, -0.05) is 13.0 Å². The van der Waals surface area contributed by atoms with Crippen LogP contribution in [-0.4, -0.2) is 51.0 Å². The van der Waals surface area contributed by atoms with Crippen LogP contribution in [0.5, 0.6) is 11.5 Å². The van der Waals surface area contributed by atoms with E-state index in [9.17, 15) is 0 Å². The zero-order valence-electron chi connectivity index (χ0n) is 12.6. The van der Waals surface area contributed by atoms with Crippen LogP contribution in [-0.2, 0) is 4.74 Å². The second kappa shape index (κ2) is 8.12. The van der Waals surface area contributed by atoms with E-state index in [-0.39, 0.29) is 0 Å². The van der Waals surface area contributed by atoms with Gasteiger partial charge < -0.3 is 14.2 Å². The highest BCUT2D eigenvalue weighted by atomic mass is 16.5. The maximum Gasteiger partial charge on any atom is 0.125 e. The van der Waals surface area contributed by atoms with E-state index in [1.165, 1.54) is 0 Å². The predicted molar refractivity (Wildman–Crippen MR) is 79.7 cm³/mol. The van der Waals surface area contributed by atoms with Crippen LogP contribution in [0.25, 0.3) is 0 Å². The summed E-state index contributed by atoms with van der Waals surface area (Å²) in [4.78, 5) is 2.37. The summed E-state index contributed by atoms with van der Waals surface area (Å²) in [5.41, 5.74) is 1.09. The Balaban J connectivity index is 1.82. The van der Waals surface area contributed by atoms with E-state index >= 15 is 0 Å². The summed E-state index contributed by atoms with van der Waals surface area (Å²) < 4.78 is 17.0. The van der Waals surface area contributed by atoms with Crippen LogP contribution in [0.4, 0.5) is 0 Å². The van der Waals surface area contributed by atoms with Crippen molar-refractivity contribution >= 4 is 0 Å². The van der Waals surface area contributed by atoms with E-state index in [4.69, 9.17) is 14.2 Å². The summed E-state index contributed by atoms with van der Waals surface area (Å²) in [5.74, 6) is 1.85. The van der Waals surface area contributed by atoms with Gasteiger partial charge in [-0.05, 0) is 25.5 Å². The van der Waals surface area contributed by atoms with Crippen LogP contribution in [0.3, 0.4) is 0 Å². The van der Waals surface area contributed by atoms with Crippen molar-refractivity contribution in [3.05, 3.63) is 23.8 Å². The van der Waals surface area contributed by atoms with E-state index in [1.807, 2.05) is 18.2 Å². The standard InChI is InChI=1S/C16H25NO3/c1-3-10-19-15-5-4-6-16(14(15)2)20-13-9-17-7-11-18-12-8-17/h4-6H,3,7-13H2,1-2H3. The molecule has 1 aromatic rings. The number of hydrogen-bond donors (Lipinski definition) is 0. The molecule has 1 aromatic carbocycles. The highest BCUT2D eigenvalue weighted by Gasteiger charge is 2.11. The molecular weight excluding hydrogens is 254 g/mol. The topological polar surface area (TPSA) is 30.9 Å². The smallest absolute Gasteiger partial charge is 0.125 e. The molecule has 0 radical (unpaired) electrons. The Hall–Kier alpha value is -1.26. The van der Waals surface area contributed by atoms with Gasteiger partial charge in [0.25, 0.3) is 0 Å². The van der Waals surface area contributed by atoms with Crippen molar-refractivity contribution in [2.75, 3.05) is 46.1 Å². The van der Waals surface area contributed by atoms with Gasteiger partial charge in [-0.25, -0.2) is 0 Å². The van der Waals surface area contributed by atoms with Gasteiger partial charge in [-0.2, -0.15) is 0 Å². The summed E-state index contributed by atoms with van der Waals surface area (Å²) in [7, 11) is 0. The molecule has 2 rings (SSSR count). The number of morpholine rings is 1. The Morgan fingerprint density at radius 2 is 1.75 bits per heavy atom. The van der Waals surface area contributed by atoms with Gasteiger partial charge in [-0.3, -0.25) is 4.90 Å². The fourth-order valence-corrected chi connectivity index (χ4v) is 2.23. The Bertz CT molecular complexity index is 403. The molecule has 0 aromatic heterocycles.